The van der Waals surface area contributed by atoms with Gasteiger partial charge in [0.1, 0.15) is 11.5 Å². The van der Waals surface area contributed by atoms with Crippen molar-refractivity contribution in [1.82, 2.24) is 15.1 Å². The van der Waals surface area contributed by atoms with Crippen molar-refractivity contribution in [3.8, 4) is 5.69 Å². The van der Waals surface area contributed by atoms with Gasteiger partial charge in [0.15, 0.2) is 5.69 Å². The maximum atomic E-state index is 14.5. The second-order valence-electron chi connectivity index (χ2n) is 8.07. The van der Waals surface area contributed by atoms with Gasteiger partial charge in [-0.1, -0.05) is 11.6 Å². The standard InChI is InChI=1S/C19H21ClFN3O/c1-19(2,3)22-18(25)16-15-10-4-5-11(8-10)17(15)24(23-16)14-7-6-12(20)9-13(14)21/h6-7,9-11H,4-5,8H2,1-3H3,(H,22,25)/t10-,11+/m0/s1. The first-order chi connectivity index (χ1) is 11.7. The highest BCUT2D eigenvalue weighted by Gasteiger charge is 2.44. The number of fused-ring (bicyclic) bond motifs is 5. The molecule has 4 nitrogen and oxygen atoms in total. The van der Waals surface area contributed by atoms with Crippen LogP contribution in [0.1, 0.15) is 73.6 Å². The Morgan fingerprint density at radius 2 is 2.04 bits per heavy atom. The molecule has 1 saturated carbocycles. The Kier molecular flexibility index (Phi) is 3.69. The molecule has 1 amide bonds. The van der Waals surface area contributed by atoms with Crippen LogP contribution in [-0.4, -0.2) is 21.2 Å². The van der Waals surface area contributed by atoms with Gasteiger partial charge in [0.05, 0.1) is 5.69 Å². The number of amides is 1. The van der Waals surface area contributed by atoms with Crippen LogP contribution in [0.3, 0.4) is 0 Å². The van der Waals surface area contributed by atoms with Gasteiger partial charge in [0, 0.05) is 22.0 Å². The van der Waals surface area contributed by atoms with Crippen LogP contribution in [0, 0.1) is 5.82 Å². The largest absolute Gasteiger partial charge is 0.346 e. The molecule has 2 aliphatic carbocycles. The topological polar surface area (TPSA) is 46.9 Å². The summed E-state index contributed by atoms with van der Waals surface area (Å²) in [6.07, 6.45) is 3.17. The van der Waals surface area contributed by atoms with Gasteiger partial charge in [-0.15, -0.1) is 0 Å². The van der Waals surface area contributed by atoms with Crippen molar-refractivity contribution in [3.05, 3.63) is 46.0 Å². The predicted molar refractivity (Wildman–Crippen MR) is 95.1 cm³/mol. The molecule has 0 radical (unpaired) electrons. The summed E-state index contributed by atoms with van der Waals surface area (Å²) in [6.45, 7) is 5.81. The molecular weight excluding hydrogens is 341 g/mol. The van der Waals surface area contributed by atoms with Crippen molar-refractivity contribution < 1.29 is 9.18 Å². The van der Waals surface area contributed by atoms with Gasteiger partial charge in [0.2, 0.25) is 0 Å². The van der Waals surface area contributed by atoms with E-state index in [2.05, 4.69) is 10.4 Å². The Labute approximate surface area is 151 Å². The maximum Gasteiger partial charge on any atom is 0.272 e. The van der Waals surface area contributed by atoms with Crippen molar-refractivity contribution in [3.63, 3.8) is 0 Å². The van der Waals surface area contributed by atoms with Crippen molar-refractivity contribution >= 4 is 17.5 Å². The number of halogens is 2. The minimum absolute atomic E-state index is 0.190. The molecule has 1 aromatic carbocycles. The fourth-order valence-corrected chi connectivity index (χ4v) is 4.29. The summed E-state index contributed by atoms with van der Waals surface area (Å²) in [6, 6.07) is 4.56. The van der Waals surface area contributed by atoms with E-state index in [9.17, 15) is 9.18 Å². The van der Waals surface area contributed by atoms with Gasteiger partial charge in [-0.2, -0.15) is 5.10 Å². The molecule has 0 saturated heterocycles. The minimum Gasteiger partial charge on any atom is -0.346 e. The summed E-state index contributed by atoms with van der Waals surface area (Å²) in [7, 11) is 0. The number of benzene rings is 1. The molecule has 2 aromatic rings. The van der Waals surface area contributed by atoms with E-state index in [-0.39, 0.29) is 11.4 Å². The lowest BCUT2D eigenvalue weighted by molar-refractivity contribution is 0.0912. The highest BCUT2D eigenvalue weighted by molar-refractivity contribution is 6.30. The van der Waals surface area contributed by atoms with E-state index in [1.165, 1.54) is 6.07 Å². The summed E-state index contributed by atoms with van der Waals surface area (Å²) in [5.41, 5.74) is 2.44. The highest BCUT2D eigenvalue weighted by atomic mass is 35.5. The van der Waals surface area contributed by atoms with Crippen LogP contribution >= 0.6 is 11.6 Å². The zero-order valence-electron chi connectivity index (χ0n) is 14.6. The molecule has 0 spiro atoms. The molecule has 0 aliphatic heterocycles. The van der Waals surface area contributed by atoms with E-state index in [0.717, 1.165) is 30.5 Å². The first-order valence-corrected chi connectivity index (χ1v) is 9.03. The number of nitrogens with one attached hydrogen (secondary N) is 1. The van der Waals surface area contributed by atoms with Crippen molar-refractivity contribution in [2.24, 2.45) is 0 Å². The van der Waals surface area contributed by atoms with Gasteiger partial charge in [-0.3, -0.25) is 4.79 Å². The van der Waals surface area contributed by atoms with E-state index in [0.29, 0.717) is 28.2 Å². The Hall–Kier alpha value is -1.88. The van der Waals surface area contributed by atoms with E-state index in [1.54, 1.807) is 16.8 Å². The molecule has 2 aliphatic rings. The summed E-state index contributed by atoms with van der Waals surface area (Å²) in [5, 5.41) is 7.87. The molecule has 1 aromatic heterocycles. The van der Waals surface area contributed by atoms with Crippen molar-refractivity contribution in [2.75, 3.05) is 0 Å². The number of aromatic nitrogens is 2. The molecule has 0 unspecified atom stereocenters. The zero-order chi connectivity index (χ0) is 17.9. The minimum atomic E-state index is -0.427. The Balaban J connectivity index is 1.86. The maximum absolute atomic E-state index is 14.5. The summed E-state index contributed by atoms with van der Waals surface area (Å²) in [5.74, 6) is 0.0800. The van der Waals surface area contributed by atoms with Gasteiger partial charge in [-0.05, 0) is 64.2 Å². The van der Waals surface area contributed by atoms with E-state index < -0.39 is 5.82 Å². The number of rotatable bonds is 2. The molecule has 4 rings (SSSR count). The third-order valence-electron chi connectivity index (χ3n) is 5.03. The van der Waals surface area contributed by atoms with E-state index in [1.807, 2.05) is 20.8 Å². The zero-order valence-corrected chi connectivity index (χ0v) is 15.3. The monoisotopic (exact) mass is 361 g/mol. The van der Waals surface area contributed by atoms with Crippen molar-refractivity contribution in [2.45, 2.75) is 57.4 Å². The summed E-state index contributed by atoms with van der Waals surface area (Å²) in [4.78, 5) is 12.8. The Morgan fingerprint density at radius 3 is 2.72 bits per heavy atom. The summed E-state index contributed by atoms with van der Waals surface area (Å²) < 4.78 is 16.1. The average molecular weight is 362 g/mol. The molecular formula is C19H21ClFN3O. The van der Waals surface area contributed by atoms with E-state index >= 15 is 0 Å². The number of carbonyl (C=O) groups excluding carboxylic acids is 1. The van der Waals surface area contributed by atoms with Crippen LogP contribution in [0.5, 0.6) is 0 Å². The Morgan fingerprint density at radius 1 is 1.32 bits per heavy atom. The predicted octanol–water partition coefficient (Wildman–Crippen LogP) is 4.56. The van der Waals surface area contributed by atoms with Crippen LogP contribution in [0.25, 0.3) is 5.69 Å². The molecule has 2 atom stereocenters. The first-order valence-electron chi connectivity index (χ1n) is 8.65. The number of carbonyl (C=O) groups is 1. The quantitative estimate of drug-likeness (QED) is 0.852. The van der Waals surface area contributed by atoms with Crippen LogP contribution in [0.4, 0.5) is 4.39 Å². The lowest BCUT2D eigenvalue weighted by Crippen LogP contribution is -2.41. The fraction of sp³-hybridized carbons (Fsp3) is 0.474. The smallest absolute Gasteiger partial charge is 0.272 e. The lowest BCUT2D eigenvalue weighted by Gasteiger charge is -2.20. The number of hydrogen-bond acceptors (Lipinski definition) is 2. The number of nitrogens with zero attached hydrogens (tertiary/aromatic N) is 2. The molecule has 1 fully saturated rings. The average Bonchev–Trinajstić information content (AvgIpc) is 3.17. The second kappa shape index (κ2) is 5.56. The SMILES string of the molecule is CC(C)(C)NC(=O)c1nn(-c2ccc(Cl)cc2F)c2c1[C@H]1CC[C@@H]2C1. The van der Waals surface area contributed by atoms with Gasteiger partial charge < -0.3 is 5.32 Å². The van der Waals surface area contributed by atoms with Crippen LogP contribution in [0.15, 0.2) is 18.2 Å². The molecule has 2 bridgehead atoms. The van der Waals surface area contributed by atoms with E-state index in [4.69, 9.17) is 11.6 Å². The molecule has 1 heterocycles. The molecule has 1 N–H and O–H groups in total. The number of hydrogen-bond donors (Lipinski definition) is 1. The lowest BCUT2D eigenvalue weighted by atomic mass is 9.94. The third kappa shape index (κ3) is 2.74. The third-order valence-corrected chi connectivity index (χ3v) is 5.26. The fourth-order valence-electron chi connectivity index (χ4n) is 4.13. The van der Waals surface area contributed by atoms with Gasteiger partial charge in [0.25, 0.3) is 5.91 Å². The van der Waals surface area contributed by atoms with Crippen LogP contribution in [0.2, 0.25) is 5.02 Å². The van der Waals surface area contributed by atoms with Gasteiger partial charge in [-0.25, -0.2) is 9.07 Å². The highest BCUT2D eigenvalue weighted by Crippen LogP contribution is 2.54. The molecule has 132 valence electrons. The van der Waals surface area contributed by atoms with Crippen LogP contribution in [-0.2, 0) is 0 Å². The molecule has 25 heavy (non-hydrogen) atoms. The molecule has 6 heteroatoms. The first kappa shape index (κ1) is 16.6. The van der Waals surface area contributed by atoms with Crippen LogP contribution < -0.4 is 5.32 Å². The normalized spacial score (nSPS) is 21.5. The van der Waals surface area contributed by atoms with Crippen molar-refractivity contribution in [1.29, 1.82) is 0 Å². The van der Waals surface area contributed by atoms with Gasteiger partial charge >= 0.3 is 0 Å². The second-order valence-corrected chi connectivity index (χ2v) is 8.50. The summed E-state index contributed by atoms with van der Waals surface area (Å²) >= 11 is 5.88. The Bertz CT molecular complexity index is 868.